The molecule has 1 amide bonds. The van der Waals surface area contributed by atoms with Crippen molar-refractivity contribution in [1.29, 1.82) is 0 Å². The molecule has 5 heteroatoms. The lowest BCUT2D eigenvalue weighted by Crippen LogP contribution is -2.25. The zero-order valence-electron chi connectivity index (χ0n) is 11.1. The van der Waals surface area contributed by atoms with Crippen LogP contribution in [0.3, 0.4) is 0 Å². The monoisotopic (exact) mass is 287 g/mol. The van der Waals surface area contributed by atoms with Crippen molar-refractivity contribution in [2.24, 2.45) is 0 Å². The summed E-state index contributed by atoms with van der Waals surface area (Å²) in [6.45, 7) is 0.0435. The first-order valence-electron chi connectivity index (χ1n) is 6.27. The fraction of sp³-hybridized carbons (Fsp3) is 0.0625. The van der Waals surface area contributed by atoms with Crippen molar-refractivity contribution in [2.45, 2.75) is 0 Å². The van der Waals surface area contributed by atoms with Crippen molar-refractivity contribution in [3.05, 3.63) is 66.0 Å². The molecule has 0 fully saturated rings. The largest absolute Gasteiger partial charge is 0.505 e. The molecule has 0 saturated heterocycles. The number of halogens is 1. The first-order valence-corrected chi connectivity index (χ1v) is 6.27. The molecule has 0 bridgehead atoms. The summed E-state index contributed by atoms with van der Waals surface area (Å²) >= 11 is 0. The van der Waals surface area contributed by atoms with Gasteiger partial charge in [-0.05, 0) is 35.9 Å². The summed E-state index contributed by atoms with van der Waals surface area (Å²) in [5, 5.41) is 11.7. The van der Waals surface area contributed by atoms with E-state index < -0.39 is 11.6 Å². The number of rotatable bonds is 5. The molecule has 0 unspecified atom stereocenters. The smallest absolute Gasteiger partial charge is 0.246 e. The van der Waals surface area contributed by atoms with Crippen LogP contribution in [0, 0.1) is 5.82 Å². The minimum absolute atomic E-state index is 0.0435. The van der Waals surface area contributed by atoms with E-state index >= 15 is 0 Å². The highest BCUT2D eigenvalue weighted by atomic mass is 19.1. The number of hydrogen-bond acceptors (Lipinski definition) is 3. The van der Waals surface area contributed by atoms with Crippen LogP contribution < -0.4 is 10.1 Å². The van der Waals surface area contributed by atoms with E-state index in [1.54, 1.807) is 12.1 Å². The third kappa shape index (κ3) is 4.65. The number of carbonyl (C=O) groups excluding carboxylic acids is 1. The number of nitrogens with one attached hydrogen (secondary N) is 1. The maximum absolute atomic E-state index is 12.9. The fourth-order valence-corrected chi connectivity index (χ4v) is 1.57. The second-order valence-corrected chi connectivity index (χ2v) is 4.19. The molecule has 0 saturated carbocycles. The normalized spacial score (nSPS) is 10.5. The van der Waals surface area contributed by atoms with Crippen molar-refractivity contribution < 1.29 is 19.0 Å². The molecule has 0 aliphatic carbocycles. The van der Waals surface area contributed by atoms with Crippen LogP contribution in [0.5, 0.6) is 11.5 Å². The molecular weight excluding hydrogens is 273 g/mol. The van der Waals surface area contributed by atoms with Gasteiger partial charge in [-0.1, -0.05) is 24.3 Å². The molecule has 0 aromatic heterocycles. The average Bonchev–Trinajstić information content (AvgIpc) is 2.49. The van der Waals surface area contributed by atoms with Crippen LogP contribution in [-0.4, -0.2) is 17.7 Å². The van der Waals surface area contributed by atoms with Gasteiger partial charge >= 0.3 is 0 Å². The molecule has 4 nitrogen and oxygen atoms in total. The molecule has 0 heterocycles. The zero-order valence-corrected chi connectivity index (χ0v) is 11.1. The molecule has 0 atom stereocenters. The standard InChI is InChI=1S/C16H14FNO3/c17-14-8-6-12(10-15(14)19)7-9-16(20)18-11-21-13-4-2-1-3-5-13/h1-10,19H,11H2,(H,18,20). The minimum Gasteiger partial charge on any atom is -0.505 e. The summed E-state index contributed by atoms with van der Waals surface area (Å²) in [6.07, 6.45) is 2.75. The lowest BCUT2D eigenvalue weighted by molar-refractivity contribution is -0.117. The van der Waals surface area contributed by atoms with Crippen LogP contribution in [0.15, 0.2) is 54.6 Å². The molecular formula is C16H14FNO3. The predicted octanol–water partition coefficient (Wildman–Crippen LogP) is 2.70. The molecule has 2 rings (SSSR count). The van der Waals surface area contributed by atoms with Gasteiger partial charge in [0.05, 0.1) is 0 Å². The molecule has 0 aliphatic heterocycles. The number of carbonyl (C=O) groups is 1. The summed E-state index contributed by atoms with van der Waals surface area (Å²) in [5.41, 5.74) is 0.521. The maximum atomic E-state index is 12.9. The van der Waals surface area contributed by atoms with E-state index in [2.05, 4.69) is 5.32 Å². The lowest BCUT2D eigenvalue weighted by atomic mass is 10.2. The van der Waals surface area contributed by atoms with Crippen LogP contribution in [-0.2, 0) is 4.79 Å². The van der Waals surface area contributed by atoms with Gasteiger partial charge in [0.25, 0.3) is 0 Å². The molecule has 108 valence electrons. The lowest BCUT2D eigenvalue weighted by Gasteiger charge is -2.05. The molecule has 2 N–H and O–H groups in total. The van der Waals surface area contributed by atoms with E-state index in [0.29, 0.717) is 11.3 Å². The number of hydrogen-bond donors (Lipinski definition) is 2. The van der Waals surface area contributed by atoms with Crippen molar-refractivity contribution in [1.82, 2.24) is 5.32 Å². The molecule has 0 spiro atoms. The van der Waals surface area contributed by atoms with Crippen LogP contribution >= 0.6 is 0 Å². The third-order valence-electron chi connectivity index (χ3n) is 2.63. The highest BCUT2D eigenvalue weighted by molar-refractivity contribution is 5.91. The topological polar surface area (TPSA) is 58.6 Å². The quantitative estimate of drug-likeness (QED) is 0.656. The summed E-state index contributed by atoms with van der Waals surface area (Å²) in [5.74, 6) is -0.849. The summed E-state index contributed by atoms with van der Waals surface area (Å²) < 4.78 is 18.2. The van der Waals surface area contributed by atoms with Crippen LogP contribution in [0.2, 0.25) is 0 Å². The van der Waals surface area contributed by atoms with Gasteiger partial charge in [0.1, 0.15) is 5.75 Å². The summed E-state index contributed by atoms with van der Waals surface area (Å²) in [6, 6.07) is 12.9. The molecule has 2 aromatic rings. The Morgan fingerprint density at radius 1 is 1.24 bits per heavy atom. The second kappa shape index (κ2) is 7.09. The minimum atomic E-state index is -0.701. The Bertz CT molecular complexity index is 641. The first kappa shape index (κ1) is 14.6. The van der Waals surface area contributed by atoms with Gasteiger partial charge in [-0.3, -0.25) is 4.79 Å². The summed E-state index contributed by atoms with van der Waals surface area (Å²) in [7, 11) is 0. The Hall–Kier alpha value is -2.82. The van der Waals surface area contributed by atoms with E-state index in [1.807, 2.05) is 18.2 Å². The summed E-state index contributed by atoms with van der Waals surface area (Å²) in [4.78, 5) is 11.5. The van der Waals surface area contributed by atoms with Crippen molar-refractivity contribution in [3.63, 3.8) is 0 Å². The molecule has 21 heavy (non-hydrogen) atoms. The number of amides is 1. The van der Waals surface area contributed by atoms with Gasteiger partial charge in [-0.15, -0.1) is 0 Å². The zero-order chi connectivity index (χ0) is 15.1. The number of para-hydroxylation sites is 1. The van der Waals surface area contributed by atoms with Gasteiger partial charge in [-0.25, -0.2) is 4.39 Å². The Kier molecular flexibility index (Phi) is 4.93. The number of phenols is 1. The molecule has 0 aliphatic rings. The van der Waals surface area contributed by atoms with Gasteiger partial charge < -0.3 is 15.2 Å². The first-order chi connectivity index (χ1) is 10.1. The SMILES string of the molecule is O=C(C=Cc1ccc(F)c(O)c1)NCOc1ccccc1. The van der Waals surface area contributed by atoms with Crippen molar-refractivity contribution in [3.8, 4) is 11.5 Å². The van der Waals surface area contributed by atoms with E-state index in [-0.39, 0.29) is 12.6 Å². The van der Waals surface area contributed by atoms with E-state index in [0.717, 1.165) is 6.07 Å². The number of aromatic hydroxyl groups is 1. The van der Waals surface area contributed by atoms with Crippen LogP contribution in [0.4, 0.5) is 4.39 Å². The molecule has 2 aromatic carbocycles. The van der Waals surface area contributed by atoms with E-state index in [4.69, 9.17) is 4.74 Å². The van der Waals surface area contributed by atoms with Gasteiger partial charge in [0.15, 0.2) is 18.3 Å². The number of benzene rings is 2. The van der Waals surface area contributed by atoms with Gasteiger partial charge in [0, 0.05) is 6.08 Å². The van der Waals surface area contributed by atoms with E-state index in [9.17, 15) is 14.3 Å². The number of phenolic OH excluding ortho intramolecular Hbond substituents is 1. The highest BCUT2D eigenvalue weighted by Crippen LogP contribution is 2.17. The van der Waals surface area contributed by atoms with Gasteiger partial charge in [-0.2, -0.15) is 0 Å². The molecule has 0 radical (unpaired) electrons. The average molecular weight is 287 g/mol. The van der Waals surface area contributed by atoms with Crippen molar-refractivity contribution in [2.75, 3.05) is 6.73 Å². The van der Waals surface area contributed by atoms with Crippen LogP contribution in [0.1, 0.15) is 5.56 Å². The van der Waals surface area contributed by atoms with Crippen molar-refractivity contribution >= 4 is 12.0 Å². The number of ether oxygens (including phenoxy) is 1. The fourth-order valence-electron chi connectivity index (χ4n) is 1.57. The third-order valence-corrected chi connectivity index (χ3v) is 2.63. The highest BCUT2D eigenvalue weighted by Gasteiger charge is 2.00. The Morgan fingerprint density at radius 2 is 2.00 bits per heavy atom. The van der Waals surface area contributed by atoms with E-state index in [1.165, 1.54) is 24.3 Å². The van der Waals surface area contributed by atoms with Crippen LogP contribution in [0.25, 0.3) is 6.08 Å². The second-order valence-electron chi connectivity index (χ2n) is 4.19. The Balaban J connectivity index is 1.81. The Labute approximate surface area is 121 Å². The maximum Gasteiger partial charge on any atom is 0.246 e. The Morgan fingerprint density at radius 3 is 2.71 bits per heavy atom. The predicted molar refractivity (Wildman–Crippen MR) is 77.2 cm³/mol. The van der Waals surface area contributed by atoms with Gasteiger partial charge in [0.2, 0.25) is 5.91 Å².